The van der Waals surface area contributed by atoms with Gasteiger partial charge in [-0.05, 0) is 54.3 Å². The van der Waals surface area contributed by atoms with Crippen LogP contribution in [0.25, 0.3) is 0 Å². The third-order valence-electron chi connectivity index (χ3n) is 5.27. The van der Waals surface area contributed by atoms with Gasteiger partial charge in [0.1, 0.15) is 17.5 Å². The molecule has 2 unspecified atom stereocenters. The van der Waals surface area contributed by atoms with Gasteiger partial charge >= 0.3 is 0 Å². The van der Waals surface area contributed by atoms with Gasteiger partial charge in [0.25, 0.3) is 0 Å². The van der Waals surface area contributed by atoms with Crippen LogP contribution in [0.1, 0.15) is 70.5 Å². The Morgan fingerprint density at radius 1 is 1.14 bits per heavy atom. The molecule has 35 heavy (non-hydrogen) atoms. The number of halogens is 4. The highest BCUT2D eigenvalue weighted by Gasteiger charge is 2.29. The topological polar surface area (TPSA) is 81.1 Å². The maximum absolute atomic E-state index is 14.7. The van der Waals surface area contributed by atoms with E-state index in [0.29, 0.717) is 0 Å². The molecule has 0 spiro atoms. The molecule has 2 atom stereocenters. The van der Waals surface area contributed by atoms with Crippen LogP contribution in [0, 0.1) is 17.5 Å². The molecular weight excluding hydrogens is 475 g/mol. The lowest BCUT2D eigenvalue weighted by atomic mass is 9.84. The number of primary amides is 1. The minimum absolute atomic E-state index is 0.131. The Bertz CT molecular complexity index is 1070. The average Bonchev–Trinajstić information content (AvgIpc) is 2.79. The molecule has 4 nitrogen and oxygen atoms in total. The molecule has 1 heterocycles. The van der Waals surface area contributed by atoms with Crippen molar-refractivity contribution >= 4 is 17.5 Å². The first-order valence-electron chi connectivity index (χ1n) is 11.6. The molecule has 1 aliphatic heterocycles. The van der Waals surface area contributed by atoms with Crippen LogP contribution in [-0.4, -0.2) is 12.5 Å². The van der Waals surface area contributed by atoms with Gasteiger partial charge in [-0.2, -0.15) is 0 Å². The van der Waals surface area contributed by atoms with E-state index in [1.807, 2.05) is 39.8 Å². The van der Waals surface area contributed by atoms with E-state index >= 15 is 0 Å². The summed E-state index contributed by atoms with van der Waals surface area (Å²) in [6, 6.07) is 7.91. The van der Waals surface area contributed by atoms with E-state index in [-0.39, 0.29) is 34.8 Å². The highest BCUT2D eigenvalue weighted by atomic mass is 35.5. The number of nitrogens with one attached hydrogen (secondary N) is 1. The van der Waals surface area contributed by atoms with Gasteiger partial charge in [0.05, 0.1) is 11.1 Å². The quantitative estimate of drug-likeness (QED) is 0.381. The largest absolute Gasteiger partial charge is 0.377 e. The van der Waals surface area contributed by atoms with Crippen molar-refractivity contribution in [2.45, 2.75) is 59.4 Å². The summed E-state index contributed by atoms with van der Waals surface area (Å²) in [7, 11) is 0. The number of dihydropyridines is 1. The zero-order chi connectivity index (χ0) is 26.7. The molecule has 0 aliphatic carbocycles. The second-order valence-electron chi connectivity index (χ2n) is 7.88. The van der Waals surface area contributed by atoms with Crippen molar-refractivity contribution in [2.24, 2.45) is 11.5 Å². The molecule has 0 saturated heterocycles. The van der Waals surface area contributed by atoms with Crippen molar-refractivity contribution < 1.29 is 18.0 Å². The number of hydrogen-bond donors (Lipinski definition) is 3. The molecule has 0 aromatic heterocycles. The maximum atomic E-state index is 14.7. The predicted octanol–water partition coefficient (Wildman–Crippen LogP) is 6.66. The summed E-state index contributed by atoms with van der Waals surface area (Å²) in [5.41, 5.74) is 14.3. The highest BCUT2D eigenvalue weighted by molar-refractivity contribution is 6.30. The molecule has 2 aromatic rings. The van der Waals surface area contributed by atoms with Crippen molar-refractivity contribution in [3.63, 3.8) is 0 Å². The summed E-state index contributed by atoms with van der Waals surface area (Å²) in [6.45, 7) is 9.55. The maximum Gasteiger partial charge on any atom is 0.214 e. The number of rotatable bonds is 6. The molecule has 1 amide bonds. The molecule has 0 saturated carbocycles. The summed E-state index contributed by atoms with van der Waals surface area (Å²) < 4.78 is 42.1. The molecule has 8 heteroatoms. The first-order chi connectivity index (χ1) is 16.6. The average molecular weight is 510 g/mol. The highest BCUT2D eigenvalue weighted by Crippen LogP contribution is 2.38. The fraction of sp³-hybridized carbons (Fsp3) is 0.370. The second kappa shape index (κ2) is 14.6. The van der Waals surface area contributed by atoms with Crippen LogP contribution in [0.5, 0.6) is 0 Å². The van der Waals surface area contributed by atoms with Gasteiger partial charge in [-0.15, -0.1) is 0 Å². The molecule has 2 aromatic carbocycles. The number of allylic oxidation sites excluding steroid dienone is 2. The fourth-order valence-corrected chi connectivity index (χ4v) is 4.02. The summed E-state index contributed by atoms with van der Waals surface area (Å²) in [4.78, 5) is 9.22. The smallest absolute Gasteiger partial charge is 0.214 e. The van der Waals surface area contributed by atoms with Crippen molar-refractivity contribution in [1.82, 2.24) is 5.32 Å². The Labute approximate surface area is 211 Å². The zero-order valence-corrected chi connectivity index (χ0v) is 21.6. The Morgan fingerprint density at radius 3 is 2.31 bits per heavy atom. The molecule has 0 fully saturated rings. The molecule has 3 rings (SSSR count). The molecule has 192 valence electrons. The van der Waals surface area contributed by atoms with E-state index in [4.69, 9.17) is 17.3 Å². The summed E-state index contributed by atoms with van der Waals surface area (Å²) in [6.07, 6.45) is 3.59. The second-order valence-corrected chi connectivity index (χ2v) is 8.28. The summed E-state index contributed by atoms with van der Waals surface area (Å²) >= 11 is 5.94. The number of carbonyl (C=O) groups excluding carboxylic acids is 1. The van der Waals surface area contributed by atoms with Gasteiger partial charge in [0, 0.05) is 36.7 Å². The number of carbonyl (C=O) groups is 1. The van der Waals surface area contributed by atoms with Crippen molar-refractivity contribution in [1.29, 1.82) is 0 Å². The minimum Gasteiger partial charge on any atom is -0.377 e. The SMILES string of the molecule is CC.CC(N)=O.CCCC1=C(C)C=C(C(CN)c2cccc(F)c2)NC1c1cc(Cl)c(F)cc1F. The predicted molar refractivity (Wildman–Crippen MR) is 137 cm³/mol. The molecule has 0 radical (unpaired) electrons. The van der Waals surface area contributed by atoms with Gasteiger partial charge in [-0.3, -0.25) is 4.79 Å². The van der Waals surface area contributed by atoms with Crippen LogP contribution in [-0.2, 0) is 4.79 Å². The first kappa shape index (κ1) is 30.3. The zero-order valence-electron chi connectivity index (χ0n) is 20.9. The van der Waals surface area contributed by atoms with E-state index in [1.54, 1.807) is 6.07 Å². The minimum atomic E-state index is -0.795. The van der Waals surface area contributed by atoms with E-state index < -0.39 is 17.7 Å². The van der Waals surface area contributed by atoms with Gasteiger partial charge in [-0.25, -0.2) is 13.2 Å². The van der Waals surface area contributed by atoms with E-state index in [0.717, 1.165) is 41.3 Å². The van der Waals surface area contributed by atoms with Crippen LogP contribution in [0.2, 0.25) is 5.02 Å². The van der Waals surface area contributed by atoms with Gasteiger partial charge in [-0.1, -0.05) is 50.9 Å². The number of amides is 1. The molecule has 0 bridgehead atoms. The van der Waals surface area contributed by atoms with Gasteiger partial charge in [0.2, 0.25) is 5.91 Å². The van der Waals surface area contributed by atoms with Crippen LogP contribution < -0.4 is 16.8 Å². The number of hydrogen-bond acceptors (Lipinski definition) is 3. The van der Waals surface area contributed by atoms with Crippen LogP contribution in [0.15, 0.2) is 59.3 Å². The molecule has 1 aliphatic rings. The van der Waals surface area contributed by atoms with E-state index in [9.17, 15) is 18.0 Å². The Balaban J connectivity index is 0.000000926. The number of nitrogens with two attached hydrogens (primary N) is 2. The van der Waals surface area contributed by atoms with Crippen LogP contribution in [0.3, 0.4) is 0 Å². The van der Waals surface area contributed by atoms with Crippen LogP contribution >= 0.6 is 11.6 Å². The van der Waals surface area contributed by atoms with Crippen LogP contribution in [0.4, 0.5) is 13.2 Å². The monoisotopic (exact) mass is 509 g/mol. The third-order valence-corrected chi connectivity index (χ3v) is 5.56. The summed E-state index contributed by atoms with van der Waals surface area (Å²) in [5, 5.41) is 3.24. The van der Waals surface area contributed by atoms with Crippen molar-refractivity contribution in [2.75, 3.05) is 6.54 Å². The van der Waals surface area contributed by atoms with Gasteiger partial charge in [0.15, 0.2) is 0 Å². The fourth-order valence-electron chi connectivity index (χ4n) is 3.85. The van der Waals surface area contributed by atoms with Crippen molar-refractivity contribution in [3.05, 3.63) is 92.9 Å². The van der Waals surface area contributed by atoms with E-state index in [2.05, 4.69) is 11.1 Å². The third kappa shape index (κ3) is 8.44. The first-order valence-corrected chi connectivity index (χ1v) is 12.0. The van der Waals surface area contributed by atoms with Crippen molar-refractivity contribution in [3.8, 4) is 0 Å². The Hall–Kier alpha value is -2.77. The Morgan fingerprint density at radius 2 is 1.77 bits per heavy atom. The standard InChI is InChI=1S/C23H24ClF3N2.C2H5NO.C2H6/c1-3-5-16-13(2)8-22(18(12-28)14-6-4-7-15(25)9-14)29-23(16)17-10-19(24)21(27)11-20(17)26;1-2(3)4;1-2/h4,6-11,18,23,29H,3,5,12,28H2,1-2H3;1H3,(H2,3,4);1-2H3. The molecule has 5 N–H and O–H groups in total. The lowest BCUT2D eigenvalue weighted by molar-refractivity contribution is -0.115. The van der Waals surface area contributed by atoms with Gasteiger partial charge < -0.3 is 16.8 Å². The Kier molecular flexibility index (Phi) is 12.6. The number of benzene rings is 2. The lowest BCUT2D eigenvalue weighted by Gasteiger charge is -2.34. The molecular formula is C27H35ClF3N3O. The lowest BCUT2D eigenvalue weighted by Crippen LogP contribution is -2.32. The summed E-state index contributed by atoms with van der Waals surface area (Å²) in [5.74, 6) is -2.42. The van der Waals surface area contributed by atoms with E-state index in [1.165, 1.54) is 25.1 Å². The normalized spacial score (nSPS) is 15.6.